The Hall–Kier alpha value is -1.60. The number of benzene rings is 1. The van der Waals surface area contributed by atoms with Gasteiger partial charge in [0, 0.05) is 11.6 Å². The van der Waals surface area contributed by atoms with E-state index in [0.29, 0.717) is 23.5 Å². The second-order valence-electron chi connectivity index (χ2n) is 5.46. The number of carbonyl (C=O) groups is 1. The number of ether oxygens (including phenoxy) is 2. The lowest BCUT2D eigenvalue weighted by Gasteiger charge is -2.22. The van der Waals surface area contributed by atoms with Gasteiger partial charge in [-0.15, -0.1) is 0 Å². The van der Waals surface area contributed by atoms with E-state index in [2.05, 4.69) is 0 Å². The summed E-state index contributed by atoms with van der Waals surface area (Å²) in [4.78, 5) is 14.2. The van der Waals surface area contributed by atoms with Crippen LogP contribution in [0.5, 0.6) is 11.5 Å². The first-order valence-corrected chi connectivity index (χ1v) is 8.84. The standard InChI is InChI=1S/C15H21NO5S/c1-16(12-6-7-22(18,19)10-12)9-13(17)11-4-5-14(20-2)15(8-11)21-3/h4-5,8,12H,6-7,9-10H2,1-3H3/t12-/m1/s1. The molecule has 1 heterocycles. The van der Waals surface area contributed by atoms with Crippen LogP contribution in [0.3, 0.4) is 0 Å². The highest BCUT2D eigenvalue weighted by molar-refractivity contribution is 7.91. The van der Waals surface area contributed by atoms with Crippen LogP contribution in [-0.4, -0.2) is 64.5 Å². The number of Topliss-reactive ketones (excluding diaryl/α,β-unsaturated/α-hetero) is 1. The number of hydrogen-bond acceptors (Lipinski definition) is 6. The van der Waals surface area contributed by atoms with Crippen LogP contribution in [0.1, 0.15) is 16.8 Å². The van der Waals surface area contributed by atoms with Gasteiger partial charge < -0.3 is 9.47 Å². The number of methoxy groups -OCH3 is 2. The Kier molecular flexibility index (Phi) is 5.08. The number of nitrogens with zero attached hydrogens (tertiary/aromatic N) is 1. The monoisotopic (exact) mass is 327 g/mol. The van der Waals surface area contributed by atoms with Gasteiger partial charge in [-0.2, -0.15) is 0 Å². The molecule has 1 atom stereocenters. The molecule has 0 spiro atoms. The summed E-state index contributed by atoms with van der Waals surface area (Å²) in [7, 11) is 1.88. The topological polar surface area (TPSA) is 72.9 Å². The number of ketones is 1. The molecule has 1 fully saturated rings. The molecule has 0 unspecified atom stereocenters. The fourth-order valence-electron chi connectivity index (χ4n) is 2.58. The van der Waals surface area contributed by atoms with Crippen molar-refractivity contribution in [3.05, 3.63) is 23.8 Å². The lowest BCUT2D eigenvalue weighted by molar-refractivity contribution is 0.0926. The maximum absolute atomic E-state index is 12.4. The molecule has 7 heteroatoms. The Morgan fingerprint density at radius 1 is 1.27 bits per heavy atom. The van der Waals surface area contributed by atoms with Crippen LogP contribution in [0, 0.1) is 0 Å². The van der Waals surface area contributed by atoms with Crippen molar-refractivity contribution in [1.82, 2.24) is 4.90 Å². The lowest BCUT2D eigenvalue weighted by Crippen LogP contribution is -2.36. The fraction of sp³-hybridized carbons (Fsp3) is 0.533. The molecule has 22 heavy (non-hydrogen) atoms. The van der Waals surface area contributed by atoms with E-state index in [-0.39, 0.29) is 29.9 Å². The average molecular weight is 327 g/mol. The van der Waals surface area contributed by atoms with Gasteiger partial charge >= 0.3 is 0 Å². The van der Waals surface area contributed by atoms with Crippen molar-refractivity contribution in [2.24, 2.45) is 0 Å². The number of rotatable bonds is 6. The second kappa shape index (κ2) is 6.66. The maximum atomic E-state index is 12.4. The highest BCUT2D eigenvalue weighted by atomic mass is 32.2. The molecule has 1 aromatic rings. The quantitative estimate of drug-likeness (QED) is 0.726. The summed E-state index contributed by atoms with van der Waals surface area (Å²) in [5.41, 5.74) is 0.519. The summed E-state index contributed by atoms with van der Waals surface area (Å²) in [6, 6.07) is 4.92. The minimum absolute atomic E-state index is 0.0762. The van der Waals surface area contributed by atoms with Gasteiger partial charge in [-0.3, -0.25) is 9.69 Å². The Morgan fingerprint density at radius 3 is 2.50 bits per heavy atom. The van der Waals surface area contributed by atoms with Crippen molar-refractivity contribution < 1.29 is 22.7 Å². The number of carbonyl (C=O) groups excluding carboxylic acids is 1. The van der Waals surface area contributed by atoms with Gasteiger partial charge in [0.05, 0.1) is 32.3 Å². The first kappa shape index (κ1) is 16.8. The summed E-state index contributed by atoms with van der Waals surface area (Å²) in [5.74, 6) is 1.32. The third-order valence-electron chi connectivity index (χ3n) is 3.93. The van der Waals surface area contributed by atoms with E-state index in [4.69, 9.17) is 9.47 Å². The molecule has 1 aliphatic rings. The van der Waals surface area contributed by atoms with Gasteiger partial charge in [0.1, 0.15) is 0 Å². The van der Waals surface area contributed by atoms with Crippen molar-refractivity contribution >= 4 is 15.6 Å². The molecular weight excluding hydrogens is 306 g/mol. The van der Waals surface area contributed by atoms with E-state index in [1.54, 1.807) is 25.2 Å². The summed E-state index contributed by atoms with van der Waals surface area (Å²) in [5, 5.41) is 0. The molecule has 0 N–H and O–H groups in total. The highest BCUT2D eigenvalue weighted by Crippen LogP contribution is 2.28. The van der Waals surface area contributed by atoms with E-state index < -0.39 is 9.84 Å². The average Bonchev–Trinajstić information content (AvgIpc) is 2.86. The molecule has 1 aliphatic heterocycles. The molecule has 0 radical (unpaired) electrons. The van der Waals surface area contributed by atoms with Crippen molar-refractivity contribution in [3.8, 4) is 11.5 Å². The molecule has 6 nitrogen and oxygen atoms in total. The van der Waals surface area contributed by atoms with Crippen LogP contribution in [0.15, 0.2) is 18.2 Å². The van der Waals surface area contributed by atoms with Crippen LogP contribution in [0.25, 0.3) is 0 Å². The van der Waals surface area contributed by atoms with E-state index >= 15 is 0 Å². The van der Waals surface area contributed by atoms with Crippen molar-refractivity contribution in [2.45, 2.75) is 12.5 Å². The molecule has 0 bridgehead atoms. The summed E-state index contributed by atoms with van der Waals surface area (Å²) in [6.07, 6.45) is 0.581. The SMILES string of the molecule is COc1ccc(C(=O)CN(C)[C@@H]2CCS(=O)(=O)C2)cc1OC. The van der Waals surface area contributed by atoms with Gasteiger partial charge in [0.25, 0.3) is 0 Å². The summed E-state index contributed by atoms with van der Waals surface area (Å²) >= 11 is 0. The van der Waals surface area contributed by atoms with Crippen molar-refractivity contribution in [2.75, 3.05) is 39.3 Å². The maximum Gasteiger partial charge on any atom is 0.176 e. The third kappa shape index (κ3) is 3.78. The van der Waals surface area contributed by atoms with Crippen LogP contribution in [0.4, 0.5) is 0 Å². The smallest absolute Gasteiger partial charge is 0.176 e. The van der Waals surface area contributed by atoms with Crippen LogP contribution >= 0.6 is 0 Å². The van der Waals surface area contributed by atoms with Gasteiger partial charge in [0.2, 0.25) is 0 Å². The highest BCUT2D eigenvalue weighted by Gasteiger charge is 2.31. The Labute approximate surface area is 130 Å². The molecule has 0 amide bonds. The zero-order valence-corrected chi connectivity index (χ0v) is 13.9. The van der Waals surface area contributed by atoms with Crippen LogP contribution in [0.2, 0.25) is 0 Å². The summed E-state index contributed by atoms with van der Waals surface area (Å²) in [6.45, 7) is 0.176. The number of sulfone groups is 1. The Balaban J connectivity index is 2.06. The van der Waals surface area contributed by atoms with E-state index in [1.807, 2.05) is 4.90 Å². The van der Waals surface area contributed by atoms with Crippen molar-refractivity contribution in [1.29, 1.82) is 0 Å². The van der Waals surface area contributed by atoms with Gasteiger partial charge in [-0.25, -0.2) is 8.42 Å². The second-order valence-corrected chi connectivity index (χ2v) is 7.69. The molecule has 122 valence electrons. The molecule has 0 saturated carbocycles. The van der Waals surface area contributed by atoms with E-state index in [0.717, 1.165) is 0 Å². The van der Waals surface area contributed by atoms with Gasteiger partial charge in [0.15, 0.2) is 27.1 Å². The first-order chi connectivity index (χ1) is 10.4. The van der Waals surface area contributed by atoms with E-state index in [1.165, 1.54) is 14.2 Å². The first-order valence-electron chi connectivity index (χ1n) is 7.02. The largest absolute Gasteiger partial charge is 0.493 e. The normalized spacial score (nSPS) is 20.1. The number of hydrogen-bond donors (Lipinski definition) is 0. The minimum atomic E-state index is -2.95. The molecule has 0 aliphatic carbocycles. The van der Waals surface area contributed by atoms with Crippen LogP contribution in [-0.2, 0) is 9.84 Å². The van der Waals surface area contributed by atoms with Crippen LogP contribution < -0.4 is 9.47 Å². The lowest BCUT2D eigenvalue weighted by atomic mass is 10.1. The summed E-state index contributed by atoms with van der Waals surface area (Å²) < 4.78 is 33.4. The Morgan fingerprint density at radius 2 is 1.95 bits per heavy atom. The van der Waals surface area contributed by atoms with Gasteiger partial charge in [-0.05, 0) is 31.7 Å². The third-order valence-corrected chi connectivity index (χ3v) is 5.68. The molecular formula is C15H21NO5S. The minimum Gasteiger partial charge on any atom is -0.493 e. The molecule has 1 saturated heterocycles. The molecule has 2 rings (SSSR count). The predicted octanol–water partition coefficient (Wildman–Crippen LogP) is 1.01. The number of likely N-dealkylation sites (N-methyl/N-ethyl adjacent to an activating group) is 1. The van der Waals surface area contributed by atoms with Gasteiger partial charge in [-0.1, -0.05) is 0 Å². The Bertz CT molecular complexity index is 656. The molecule has 0 aromatic heterocycles. The zero-order chi connectivity index (χ0) is 16.3. The van der Waals surface area contributed by atoms with E-state index in [9.17, 15) is 13.2 Å². The molecule has 1 aromatic carbocycles. The zero-order valence-electron chi connectivity index (χ0n) is 13.0. The fourth-order valence-corrected chi connectivity index (χ4v) is 4.38. The van der Waals surface area contributed by atoms with Crippen molar-refractivity contribution in [3.63, 3.8) is 0 Å². The predicted molar refractivity (Wildman–Crippen MR) is 83.6 cm³/mol.